The molecule has 1 heterocycles. The maximum atomic E-state index is 10.8. The Hall–Kier alpha value is -1.36. The number of hydrogen-bond acceptors (Lipinski definition) is 3. The van der Waals surface area contributed by atoms with E-state index in [1.165, 1.54) is 0 Å². The van der Waals surface area contributed by atoms with Gasteiger partial charge < -0.3 is 15.0 Å². The zero-order valence-electron chi connectivity index (χ0n) is 9.81. The normalized spacial score (nSPS) is 12.6. The molecule has 0 fully saturated rings. The van der Waals surface area contributed by atoms with Gasteiger partial charge >= 0.3 is 5.97 Å². The summed E-state index contributed by atoms with van der Waals surface area (Å²) in [5.74, 6) is 0.224. The molecule has 0 aliphatic rings. The van der Waals surface area contributed by atoms with Crippen molar-refractivity contribution in [3.8, 4) is 0 Å². The van der Waals surface area contributed by atoms with Gasteiger partial charge in [-0.05, 0) is 19.9 Å². The fourth-order valence-corrected chi connectivity index (χ4v) is 1.65. The van der Waals surface area contributed by atoms with E-state index >= 15 is 0 Å². The number of carboxylic acids is 1. The zero-order valence-corrected chi connectivity index (χ0v) is 9.81. The predicted molar refractivity (Wildman–Crippen MR) is 61.3 cm³/mol. The summed E-state index contributed by atoms with van der Waals surface area (Å²) in [7, 11) is 1.67. The Labute approximate surface area is 95.5 Å². The molecule has 90 valence electrons. The van der Waals surface area contributed by atoms with Gasteiger partial charge in [-0.25, -0.2) is 4.98 Å². The summed E-state index contributed by atoms with van der Waals surface area (Å²) in [6.07, 6.45) is 6.22. The van der Waals surface area contributed by atoms with Crippen LogP contribution in [0.2, 0.25) is 0 Å². The van der Waals surface area contributed by atoms with Crippen molar-refractivity contribution in [3.63, 3.8) is 0 Å². The minimum absolute atomic E-state index is 0.489. The summed E-state index contributed by atoms with van der Waals surface area (Å²) in [6.45, 7) is 2.79. The summed E-state index contributed by atoms with van der Waals surface area (Å²) in [6, 6.07) is -0.489. The Balaban J connectivity index is 2.52. The lowest BCUT2D eigenvalue weighted by Crippen LogP contribution is -2.34. The molecule has 1 rings (SSSR count). The van der Waals surface area contributed by atoms with Crippen LogP contribution in [0.5, 0.6) is 0 Å². The van der Waals surface area contributed by atoms with E-state index in [0.717, 1.165) is 18.7 Å². The number of carboxylic acid groups (broad SMARTS) is 1. The second-order valence-corrected chi connectivity index (χ2v) is 3.76. The molecule has 0 spiro atoms. The quantitative estimate of drug-likeness (QED) is 0.723. The van der Waals surface area contributed by atoms with Crippen molar-refractivity contribution < 1.29 is 9.90 Å². The molecule has 0 saturated heterocycles. The van der Waals surface area contributed by atoms with Crippen LogP contribution in [0.3, 0.4) is 0 Å². The summed E-state index contributed by atoms with van der Waals surface area (Å²) >= 11 is 0. The molecule has 0 radical (unpaired) electrons. The van der Waals surface area contributed by atoms with E-state index in [1.807, 2.05) is 10.8 Å². The number of imidazole rings is 1. The van der Waals surface area contributed by atoms with Crippen molar-refractivity contribution in [1.29, 1.82) is 0 Å². The molecule has 1 atom stereocenters. The highest BCUT2D eigenvalue weighted by atomic mass is 16.4. The second-order valence-electron chi connectivity index (χ2n) is 3.76. The third kappa shape index (κ3) is 3.34. The van der Waals surface area contributed by atoms with Crippen LogP contribution in [0.15, 0.2) is 12.4 Å². The highest BCUT2D eigenvalue weighted by Crippen LogP contribution is 2.04. The van der Waals surface area contributed by atoms with Crippen molar-refractivity contribution in [3.05, 3.63) is 18.2 Å². The van der Waals surface area contributed by atoms with Crippen molar-refractivity contribution in [2.75, 3.05) is 7.05 Å². The Morgan fingerprint density at radius 1 is 1.69 bits per heavy atom. The third-order valence-electron chi connectivity index (χ3n) is 2.58. The van der Waals surface area contributed by atoms with Crippen molar-refractivity contribution in [2.24, 2.45) is 0 Å². The van der Waals surface area contributed by atoms with E-state index < -0.39 is 12.0 Å². The van der Waals surface area contributed by atoms with Gasteiger partial charge in [0.25, 0.3) is 0 Å². The topological polar surface area (TPSA) is 67.2 Å². The summed E-state index contributed by atoms with van der Waals surface area (Å²) in [5.41, 5.74) is 0. The summed E-state index contributed by atoms with van der Waals surface area (Å²) < 4.78 is 2.02. The number of aryl methyl sites for hydroxylation is 2. The van der Waals surface area contributed by atoms with Gasteiger partial charge in [0.05, 0.1) is 0 Å². The molecular weight excluding hydrogens is 206 g/mol. The molecule has 0 aliphatic heterocycles. The summed E-state index contributed by atoms with van der Waals surface area (Å²) in [4.78, 5) is 15.1. The number of rotatable bonds is 7. The minimum Gasteiger partial charge on any atom is -0.480 e. The predicted octanol–water partition coefficient (Wildman–Crippen LogP) is 0.898. The van der Waals surface area contributed by atoms with Crippen LogP contribution in [0, 0.1) is 0 Å². The first-order valence-corrected chi connectivity index (χ1v) is 5.59. The molecule has 0 aliphatic carbocycles. The highest BCUT2D eigenvalue weighted by Gasteiger charge is 2.14. The average molecular weight is 225 g/mol. The number of likely N-dealkylation sites (N-methyl/N-ethyl adjacent to an activating group) is 1. The highest BCUT2D eigenvalue weighted by molar-refractivity contribution is 5.73. The first kappa shape index (κ1) is 12.7. The summed E-state index contributed by atoms with van der Waals surface area (Å²) in [5, 5.41) is 11.7. The number of nitrogens with one attached hydrogen (secondary N) is 1. The molecule has 0 aromatic carbocycles. The smallest absolute Gasteiger partial charge is 0.320 e. The fourth-order valence-electron chi connectivity index (χ4n) is 1.65. The van der Waals surface area contributed by atoms with Crippen molar-refractivity contribution in [1.82, 2.24) is 14.9 Å². The van der Waals surface area contributed by atoms with Crippen LogP contribution >= 0.6 is 0 Å². The van der Waals surface area contributed by atoms with E-state index in [4.69, 9.17) is 5.11 Å². The zero-order chi connectivity index (χ0) is 12.0. The SMILES string of the molecule is CCCc1nccn1CCC(NC)C(=O)O. The van der Waals surface area contributed by atoms with Gasteiger partial charge in [0.2, 0.25) is 0 Å². The molecule has 1 unspecified atom stereocenters. The molecule has 0 saturated carbocycles. The maximum absolute atomic E-state index is 10.8. The van der Waals surface area contributed by atoms with E-state index in [0.29, 0.717) is 13.0 Å². The molecule has 2 N–H and O–H groups in total. The first-order chi connectivity index (χ1) is 7.69. The van der Waals surface area contributed by atoms with Gasteiger partial charge in [-0.3, -0.25) is 4.79 Å². The lowest BCUT2D eigenvalue weighted by atomic mass is 10.2. The first-order valence-electron chi connectivity index (χ1n) is 5.59. The molecule has 1 aromatic heterocycles. The van der Waals surface area contributed by atoms with Crippen LogP contribution in [0.1, 0.15) is 25.6 Å². The van der Waals surface area contributed by atoms with E-state index in [-0.39, 0.29) is 0 Å². The van der Waals surface area contributed by atoms with Crippen LogP contribution < -0.4 is 5.32 Å². The van der Waals surface area contributed by atoms with Crippen LogP contribution in [-0.2, 0) is 17.8 Å². The second kappa shape index (κ2) is 6.27. The molecule has 5 nitrogen and oxygen atoms in total. The average Bonchev–Trinajstić information content (AvgIpc) is 2.67. The lowest BCUT2D eigenvalue weighted by Gasteiger charge is -2.12. The number of nitrogens with zero attached hydrogens (tertiary/aromatic N) is 2. The largest absolute Gasteiger partial charge is 0.480 e. The van der Waals surface area contributed by atoms with Gasteiger partial charge in [-0.1, -0.05) is 6.92 Å². The Bertz CT molecular complexity index is 336. The Morgan fingerprint density at radius 3 is 3.00 bits per heavy atom. The number of carbonyl (C=O) groups is 1. The van der Waals surface area contributed by atoms with Gasteiger partial charge in [0.1, 0.15) is 11.9 Å². The number of aromatic nitrogens is 2. The molecule has 16 heavy (non-hydrogen) atoms. The Kier molecular flexibility index (Phi) is 4.98. The number of hydrogen-bond donors (Lipinski definition) is 2. The monoisotopic (exact) mass is 225 g/mol. The van der Waals surface area contributed by atoms with Gasteiger partial charge in [0.15, 0.2) is 0 Å². The van der Waals surface area contributed by atoms with Crippen molar-refractivity contribution >= 4 is 5.97 Å². The molecule has 0 amide bonds. The van der Waals surface area contributed by atoms with Gasteiger partial charge in [-0.15, -0.1) is 0 Å². The van der Waals surface area contributed by atoms with Gasteiger partial charge in [0, 0.05) is 25.4 Å². The lowest BCUT2D eigenvalue weighted by molar-refractivity contribution is -0.139. The van der Waals surface area contributed by atoms with E-state index in [9.17, 15) is 4.79 Å². The molecule has 0 bridgehead atoms. The number of aliphatic carboxylic acids is 1. The van der Waals surface area contributed by atoms with Crippen LogP contribution in [-0.4, -0.2) is 33.7 Å². The molecular formula is C11H19N3O2. The molecule has 5 heteroatoms. The molecule has 1 aromatic rings. The van der Waals surface area contributed by atoms with E-state index in [1.54, 1.807) is 13.2 Å². The van der Waals surface area contributed by atoms with Gasteiger partial charge in [-0.2, -0.15) is 0 Å². The van der Waals surface area contributed by atoms with Crippen LogP contribution in [0.25, 0.3) is 0 Å². The Morgan fingerprint density at radius 2 is 2.44 bits per heavy atom. The third-order valence-corrected chi connectivity index (χ3v) is 2.58. The maximum Gasteiger partial charge on any atom is 0.320 e. The van der Waals surface area contributed by atoms with Crippen molar-refractivity contribution in [2.45, 2.75) is 38.8 Å². The minimum atomic E-state index is -0.806. The fraction of sp³-hybridized carbons (Fsp3) is 0.636. The van der Waals surface area contributed by atoms with Crippen LogP contribution in [0.4, 0.5) is 0 Å². The van der Waals surface area contributed by atoms with E-state index in [2.05, 4.69) is 17.2 Å². The standard InChI is InChI=1S/C11H19N3O2/c1-3-4-10-13-6-8-14(10)7-5-9(12-2)11(15)16/h6,8-9,12H,3-5,7H2,1-2H3,(H,15,16).